The van der Waals surface area contributed by atoms with Crippen LogP contribution in [-0.4, -0.2) is 17.0 Å². The first-order chi connectivity index (χ1) is 12.3. The van der Waals surface area contributed by atoms with Crippen molar-refractivity contribution in [3.8, 4) is 0 Å². The Labute approximate surface area is 153 Å². The van der Waals surface area contributed by atoms with Gasteiger partial charge < -0.3 is 10.2 Å². The molecular formula is C18H14ClF3N4. The fraction of sp³-hybridized carbons (Fsp3) is 0.111. The Morgan fingerprint density at radius 1 is 1.00 bits per heavy atom. The molecular weight excluding hydrogens is 365 g/mol. The second-order valence-electron chi connectivity index (χ2n) is 5.46. The van der Waals surface area contributed by atoms with Crippen LogP contribution in [0.15, 0.2) is 60.8 Å². The van der Waals surface area contributed by atoms with E-state index < -0.39 is 11.7 Å². The predicted molar refractivity (Wildman–Crippen MR) is 96.3 cm³/mol. The average molecular weight is 379 g/mol. The first-order valence-corrected chi connectivity index (χ1v) is 7.98. The Kier molecular flexibility index (Phi) is 4.99. The van der Waals surface area contributed by atoms with E-state index in [1.165, 1.54) is 0 Å². The van der Waals surface area contributed by atoms with Gasteiger partial charge >= 0.3 is 6.18 Å². The third-order valence-corrected chi connectivity index (χ3v) is 3.88. The monoisotopic (exact) mass is 378 g/mol. The molecule has 0 aliphatic carbocycles. The smallest absolute Gasteiger partial charge is 0.340 e. The molecule has 0 unspecified atom stereocenters. The maximum absolute atomic E-state index is 13.3. The zero-order chi connectivity index (χ0) is 18.7. The molecule has 1 aromatic heterocycles. The quantitative estimate of drug-likeness (QED) is 0.636. The van der Waals surface area contributed by atoms with Crippen LogP contribution in [0.3, 0.4) is 0 Å². The number of nitrogens with one attached hydrogen (secondary N) is 1. The number of alkyl halides is 3. The molecule has 0 fully saturated rings. The number of para-hydroxylation sites is 1. The first kappa shape index (κ1) is 18.0. The number of rotatable bonds is 4. The van der Waals surface area contributed by atoms with Gasteiger partial charge in [0.25, 0.3) is 0 Å². The molecule has 3 aromatic rings. The maximum atomic E-state index is 13.3. The molecule has 2 aromatic carbocycles. The fourth-order valence-electron chi connectivity index (χ4n) is 2.28. The van der Waals surface area contributed by atoms with Gasteiger partial charge in [0.1, 0.15) is 11.4 Å². The minimum Gasteiger partial charge on any atom is -0.340 e. The minimum atomic E-state index is -4.57. The molecule has 0 atom stereocenters. The summed E-state index contributed by atoms with van der Waals surface area (Å²) in [5, 5.41) is 3.27. The normalized spacial score (nSPS) is 11.3. The van der Waals surface area contributed by atoms with E-state index in [9.17, 15) is 13.2 Å². The summed E-state index contributed by atoms with van der Waals surface area (Å²) in [6, 6.07) is 15.4. The SMILES string of the molecule is CN(c1ccc(Cl)cc1)c1ncc(C(F)(F)F)c(Nc2ccccc2)n1. The number of hydrogen-bond donors (Lipinski definition) is 1. The summed E-state index contributed by atoms with van der Waals surface area (Å²) in [4.78, 5) is 9.53. The number of halogens is 4. The van der Waals surface area contributed by atoms with Gasteiger partial charge in [-0.3, -0.25) is 0 Å². The average Bonchev–Trinajstić information content (AvgIpc) is 2.61. The highest BCUT2D eigenvalue weighted by Crippen LogP contribution is 2.36. The lowest BCUT2D eigenvalue weighted by Crippen LogP contribution is -2.17. The van der Waals surface area contributed by atoms with Crippen molar-refractivity contribution in [3.63, 3.8) is 0 Å². The van der Waals surface area contributed by atoms with Gasteiger partial charge in [-0.2, -0.15) is 18.2 Å². The number of aromatic nitrogens is 2. The summed E-state index contributed by atoms with van der Waals surface area (Å²) < 4.78 is 39.9. The van der Waals surface area contributed by atoms with Gasteiger partial charge in [0.05, 0.1) is 0 Å². The summed E-state index contributed by atoms with van der Waals surface area (Å²) in [6.45, 7) is 0. The van der Waals surface area contributed by atoms with Gasteiger partial charge in [0.15, 0.2) is 0 Å². The van der Waals surface area contributed by atoms with E-state index in [2.05, 4.69) is 15.3 Å². The van der Waals surface area contributed by atoms with E-state index >= 15 is 0 Å². The highest BCUT2D eigenvalue weighted by molar-refractivity contribution is 6.30. The van der Waals surface area contributed by atoms with Crippen LogP contribution < -0.4 is 10.2 Å². The zero-order valence-electron chi connectivity index (χ0n) is 13.6. The van der Waals surface area contributed by atoms with Crippen molar-refractivity contribution < 1.29 is 13.2 Å². The molecule has 0 bridgehead atoms. The van der Waals surface area contributed by atoms with Crippen molar-refractivity contribution in [2.75, 3.05) is 17.3 Å². The molecule has 3 rings (SSSR count). The van der Waals surface area contributed by atoms with Gasteiger partial charge in [-0.15, -0.1) is 0 Å². The van der Waals surface area contributed by atoms with Crippen molar-refractivity contribution in [1.82, 2.24) is 9.97 Å². The molecule has 8 heteroatoms. The van der Waals surface area contributed by atoms with E-state index in [1.54, 1.807) is 66.5 Å². The molecule has 0 saturated heterocycles. The van der Waals surface area contributed by atoms with Crippen LogP contribution in [0.25, 0.3) is 0 Å². The fourth-order valence-corrected chi connectivity index (χ4v) is 2.40. The maximum Gasteiger partial charge on any atom is 0.421 e. The molecule has 134 valence electrons. The number of hydrogen-bond acceptors (Lipinski definition) is 4. The van der Waals surface area contributed by atoms with Crippen molar-refractivity contribution >= 4 is 34.7 Å². The standard InChI is InChI=1S/C18H14ClF3N4/c1-26(14-9-7-12(19)8-10-14)17-23-11-15(18(20,21)22)16(25-17)24-13-5-3-2-4-6-13/h2-11H,1H3,(H,23,24,25). The lowest BCUT2D eigenvalue weighted by Gasteiger charge is -2.20. The molecule has 4 nitrogen and oxygen atoms in total. The summed E-state index contributed by atoms with van der Waals surface area (Å²) in [5.74, 6) is -0.187. The van der Waals surface area contributed by atoms with Gasteiger partial charge in [0.2, 0.25) is 5.95 Å². The molecule has 1 N–H and O–H groups in total. The Morgan fingerprint density at radius 3 is 2.27 bits per heavy atom. The van der Waals surface area contributed by atoms with Crippen molar-refractivity contribution in [2.24, 2.45) is 0 Å². The third-order valence-electron chi connectivity index (χ3n) is 3.63. The second kappa shape index (κ2) is 7.21. The molecule has 0 aliphatic rings. The second-order valence-corrected chi connectivity index (χ2v) is 5.89. The Hall–Kier alpha value is -2.80. The number of benzene rings is 2. The van der Waals surface area contributed by atoms with Crippen molar-refractivity contribution in [2.45, 2.75) is 6.18 Å². The first-order valence-electron chi connectivity index (χ1n) is 7.60. The Morgan fingerprint density at radius 2 is 1.65 bits per heavy atom. The molecule has 0 amide bonds. The largest absolute Gasteiger partial charge is 0.421 e. The van der Waals surface area contributed by atoms with Gasteiger partial charge in [-0.1, -0.05) is 29.8 Å². The molecule has 0 radical (unpaired) electrons. The predicted octanol–water partition coefficient (Wildman–Crippen LogP) is 5.66. The molecule has 1 heterocycles. The van der Waals surface area contributed by atoms with E-state index in [0.29, 0.717) is 16.4 Å². The highest BCUT2D eigenvalue weighted by Gasteiger charge is 2.35. The van der Waals surface area contributed by atoms with E-state index in [4.69, 9.17) is 11.6 Å². The van der Waals surface area contributed by atoms with Crippen LogP contribution in [0, 0.1) is 0 Å². The summed E-state index contributed by atoms with van der Waals surface area (Å²) in [6.07, 6.45) is -3.80. The lowest BCUT2D eigenvalue weighted by atomic mass is 10.2. The third kappa shape index (κ3) is 4.05. The topological polar surface area (TPSA) is 41.1 Å². The van der Waals surface area contributed by atoms with Crippen LogP contribution in [-0.2, 0) is 6.18 Å². The number of nitrogens with zero attached hydrogens (tertiary/aromatic N) is 3. The van der Waals surface area contributed by atoms with Crippen molar-refractivity contribution in [3.05, 3.63) is 71.4 Å². The van der Waals surface area contributed by atoms with Crippen LogP contribution >= 0.6 is 11.6 Å². The summed E-state index contributed by atoms with van der Waals surface area (Å²) in [7, 11) is 1.66. The van der Waals surface area contributed by atoms with E-state index in [1.807, 2.05) is 0 Å². The molecule has 26 heavy (non-hydrogen) atoms. The van der Waals surface area contributed by atoms with Crippen LogP contribution in [0.1, 0.15) is 5.56 Å². The Balaban J connectivity index is 2.00. The lowest BCUT2D eigenvalue weighted by molar-refractivity contribution is -0.137. The summed E-state index contributed by atoms with van der Waals surface area (Å²) >= 11 is 5.86. The molecule has 0 spiro atoms. The van der Waals surface area contributed by atoms with Crippen LogP contribution in [0.2, 0.25) is 5.02 Å². The number of anilines is 4. The van der Waals surface area contributed by atoms with E-state index in [0.717, 1.165) is 6.20 Å². The van der Waals surface area contributed by atoms with Gasteiger partial charge in [-0.25, -0.2) is 4.98 Å². The van der Waals surface area contributed by atoms with Gasteiger partial charge in [-0.05, 0) is 36.4 Å². The summed E-state index contributed by atoms with van der Waals surface area (Å²) in [5.41, 5.74) is 0.256. The van der Waals surface area contributed by atoms with Gasteiger partial charge in [0, 0.05) is 29.6 Å². The van der Waals surface area contributed by atoms with Crippen LogP contribution in [0.5, 0.6) is 0 Å². The molecule has 0 saturated carbocycles. The Bertz CT molecular complexity index is 883. The minimum absolute atomic E-state index is 0.124. The van der Waals surface area contributed by atoms with Crippen molar-refractivity contribution in [1.29, 1.82) is 0 Å². The zero-order valence-corrected chi connectivity index (χ0v) is 14.4. The van der Waals surface area contributed by atoms with Crippen LogP contribution in [0.4, 0.5) is 36.3 Å². The molecule has 0 aliphatic heterocycles. The highest BCUT2D eigenvalue weighted by atomic mass is 35.5. The van der Waals surface area contributed by atoms with E-state index in [-0.39, 0.29) is 11.8 Å².